The molecule has 0 aromatic rings. The molecule has 1 saturated heterocycles. The number of hydrogen-bond donors (Lipinski definition) is 0. The van der Waals surface area contributed by atoms with Crippen LogP contribution in [0.15, 0.2) is 0 Å². The van der Waals surface area contributed by atoms with Gasteiger partial charge in [0, 0.05) is 6.42 Å². The second-order valence-corrected chi connectivity index (χ2v) is 5.77. The number of hydrogen-bond acceptors (Lipinski definition) is 2. The minimum Gasteiger partial charge on any atom is -0.236 e. The van der Waals surface area contributed by atoms with Crippen molar-refractivity contribution in [2.45, 2.75) is 84.2 Å². The first-order chi connectivity index (χ1) is 8.29. The van der Waals surface area contributed by atoms with Gasteiger partial charge in [-0.25, -0.2) is 9.78 Å². The van der Waals surface area contributed by atoms with Gasteiger partial charge >= 0.3 is 0 Å². The molecular weight excluding hydrogens is 212 g/mol. The van der Waals surface area contributed by atoms with E-state index in [2.05, 4.69) is 13.8 Å². The van der Waals surface area contributed by atoms with Crippen molar-refractivity contribution in [1.82, 2.24) is 0 Å². The molecule has 102 valence electrons. The second kappa shape index (κ2) is 9.90. The highest BCUT2D eigenvalue weighted by Crippen LogP contribution is 2.17. The molecule has 0 aromatic carbocycles. The second-order valence-electron chi connectivity index (χ2n) is 5.77. The van der Waals surface area contributed by atoms with E-state index >= 15 is 0 Å². The highest BCUT2D eigenvalue weighted by atomic mass is 17.2. The van der Waals surface area contributed by atoms with E-state index in [0.29, 0.717) is 6.10 Å². The van der Waals surface area contributed by atoms with Crippen LogP contribution in [0.3, 0.4) is 0 Å². The molecule has 1 aliphatic heterocycles. The van der Waals surface area contributed by atoms with Crippen molar-refractivity contribution in [1.29, 1.82) is 0 Å². The van der Waals surface area contributed by atoms with E-state index < -0.39 is 0 Å². The Morgan fingerprint density at radius 1 is 0.941 bits per heavy atom. The molecule has 1 unspecified atom stereocenters. The lowest BCUT2D eigenvalue weighted by Crippen LogP contribution is -2.03. The van der Waals surface area contributed by atoms with Gasteiger partial charge in [0.25, 0.3) is 0 Å². The molecule has 0 spiro atoms. The van der Waals surface area contributed by atoms with E-state index in [1.54, 1.807) is 0 Å². The Morgan fingerprint density at radius 2 is 1.59 bits per heavy atom. The van der Waals surface area contributed by atoms with E-state index in [1.807, 2.05) is 0 Å². The van der Waals surface area contributed by atoms with Gasteiger partial charge in [0.15, 0.2) is 0 Å². The van der Waals surface area contributed by atoms with E-state index in [0.717, 1.165) is 18.9 Å². The van der Waals surface area contributed by atoms with Crippen molar-refractivity contribution in [2.24, 2.45) is 5.92 Å². The Hall–Kier alpha value is -0.0800. The van der Waals surface area contributed by atoms with Gasteiger partial charge in [-0.1, -0.05) is 65.2 Å². The van der Waals surface area contributed by atoms with Gasteiger partial charge in [-0.3, -0.25) is 0 Å². The molecule has 2 nitrogen and oxygen atoms in total. The van der Waals surface area contributed by atoms with Crippen molar-refractivity contribution in [3.8, 4) is 0 Å². The first-order valence-electron chi connectivity index (χ1n) is 7.57. The summed E-state index contributed by atoms with van der Waals surface area (Å²) >= 11 is 0. The van der Waals surface area contributed by atoms with Crippen LogP contribution >= 0.6 is 0 Å². The van der Waals surface area contributed by atoms with E-state index in [1.165, 1.54) is 57.8 Å². The van der Waals surface area contributed by atoms with Gasteiger partial charge in [-0.15, -0.1) is 0 Å². The van der Waals surface area contributed by atoms with Crippen molar-refractivity contribution in [2.75, 3.05) is 6.61 Å². The third-order valence-corrected chi connectivity index (χ3v) is 3.53. The molecule has 1 atom stereocenters. The summed E-state index contributed by atoms with van der Waals surface area (Å²) in [5.41, 5.74) is 0. The smallest absolute Gasteiger partial charge is 0.0953 e. The van der Waals surface area contributed by atoms with Gasteiger partial charge in [-0.05, 0) is 12.3 Å². The van der Waals surface area contributed by atoms with Crippen molar-refractivity contribution in [3.63, 3.8) is 0 Å². The summed E-state index contributed by atoms with van der Waals surface area (Å²) in [6.45, 7) is 5.42. The Labute approximate surface area is 107 Å². The number of unbranched alkanes of at least 4 members (excludes halogenated alkanes) is 6. The van der Waals surface area contributed by atoms with Crippen molar-refractivity contribution >= 4 is 0 Å². The van der Waals surface area contributed by atoms with Crippen LogP contribution in [-0.4, -0.2) is 12.7 Å². The zero-order valence-electron chi connectivity index (χ0n) is 11.7. The Morgan fingerprint density at radius 3 is 2.18 bits per heavy atom. The van der Waals surface area contributed by atoms with Crippen LogP contribution in [0.2, 0.25) is 0 Å². The molecule has 0 radical (unpaired) electrons. The van der Waals surface area contributed by atoms with Crippen LogP contribution in [-0.2, 0) is 9.78 Å². The zero-order valence-corrected chi connectivity index (χ0v) is 11.7. The molecule has 1 heterocycles. The molecule has 1 rings (SSSR count). The van der Waals surface area contributed by atoms with E-state index in [4.69, 9.17) is 9.78 Å². The molecule has 1 aliphatic rings. The fourth-order valence-corrected chi connectivity index (χ4v) is 2.37. The predicted molar refractivity (Wildman–Crippen MR) is 71.8 cm³/mol. The third-order valence-electron chi connectivity index (χ3n) is 3.53. The normalized spacial score (nSPS) is 20.3. The van der Waals surface area contributed by atoms with Gasteiger partial charge in [0.1, 0.15) is 0 Å². The monoisotopic (exact) mass is 242 g/mol. The van der Waals surface area contributed by atoms with Gasteiger partial charge in [-0.2, -0.15) is 0 Å². The van der Waals surface area contributed by atoms with Crippen LogP contribution in [0.4, 0.5) is 0 Å². The fourth-order valence-electron chi connectivity index (χ4n) is 2.37. The summed E-state index contributed by atoms with van der Waals surface area (Å²) < 4.78 is 0. The van der Waals surface area contributed by atoms with Crippen molar-refractivity contribution in [3.05, 3.63) is 0 Å². The maximum absolute atomic E-state index is 5.13. The first kappa shape index (κ1) is 15.0. The van der Waals surface area contributed by atoms with E-state index in [-0.39, 0.29) is 0 Å². The van der Waals surface area contributed by atoms with Crippen molar-refractivity contribution < 1.29 is 9.78 Å². The molecule has 0 bridgehead atoms. The molecule has 0 amide bonds. The summed E-state index contributed by atoms with van der Waals surface area (Å²) in [5, 5.41) is 0. The summed E-state index contributed by atoms with van der Waals surface area (Å²) in [7, 11) is 0. The molecular formula is C15H30O2. The molecule has 2 heteroatoms. The summed E-state index contributed by atoms with van der Waals surface area (Å²) in [4.78, 5) is 10.0. The molecule has 17 heavy (non-hydrogen) atoms. The first-order valence-corrected chi connectivity index (χ1v) is 7.57. The summed E-state index contributed by atoms with van der Waals surface area (Å²) in [5.74, 6) is 0.878. The van der Waals surface area contributed by atoms with Crippen LogP contribution in [0.1, 0.15) is 78.1 Å². The largest absolute Gasteiger partial charge is 0.236 e. The topological polar surface area (TPSA) is 18.5 Å². The predicted octanol–water partition coefficient (Wildman–Crippen LogP) is 4.87. The maximum Gasteiger partial charge on any atom is 0.0953 e. The van der Waals surface area contributed by atoms with Crippen LogP contribution < -0.4 is 0 Å². The lowest BCUT2D eigenvalue weighted by Gasteiger charge is -2.06. The van der Waals surface area contributed by atoms with E-state index in [9.17, 15) is 0 Å². The fraction of sp³-hybridized carbons (Fsp3) is 1.00. The highest BCUT2D eigenvalue weighted by molar-refractivity contribution is 4.59. The highest BCUT2D eigenvalue weighted by Gasteiger charge is 2.15. The van der Waals surface area contributed by atoms with Gasteiger partial charge in [0.05, 0.1) is 12.7 Å². The van der Waals surface area contributed by atoms with Gasteiger partial charge in [0.2, 0.25) is 0 Å². The average Bonchev–Trinajstić information content (AvgIpc) is 2.79. The molecule has 0 saturated carbocycles. The molecule has 1 fully saturated rings. The zero-order chi connectivity index (χ0) is 12.3. The number of rotatable bonds is 10. The lowest BCUT2D eigenvalue weighted by molar-refractivity contribution is -0.275. The quantitative estimate of drug-likeness (QED) is 0.402. The summed E-state index contributed by atoms with van der Waals surface area (Å²) in [6.07, 6.45) is 13.8. The molecule has 0 aliphatic carbocycles. The molecule has 0 N–H and O–H groups in total. The molecule has 0 aromatic heterocycles. The van der Waals surface area contributed by atoms with Crippen LogP contribution in [0.25, 0.3) is 0 Å². The Kier molecular flexibility index (Phi) is 8.72. The SMILES string of the molecule is CC(C)CCCCCCCCCC1CCOO1. The van der Waals surface area contributed by atoms with Crippen LogP contribution in [0, 0.1) is 5.92 Å². The summed E-state index contributed by atoms with van der Waals surface area (Å²) in [6, 6.07) is 0. The third kappa shape index (κ3) is 8.62. The average molecular weight is 242 g/mol. The standard InChI is InChI=1S/C15H30O2/c1-14(2)10-8-6-4-3-5-7-9-11-15-12-13-16-17-15/h14-15H,3-13H2,1-2H3. The van der Waals surface area contributed by atoms with Gasteiger partial charge < -0.3 is 0 Å². The Bertz CT molecular complexity index is 162. The van der Waals surface area contributed by atoms with Crippen LogP contribution in [0.5, 0.6) is 0 Å². The minimum atomic E-state index is 0.390. The lowest BCUT2D eigenvalue weighted by atomic mass is 10.0. The minimum absolute atomic E-state index is 0.390. The Balaban J connectivity index is 1.72. The maximum atomic E-state index is 5.13.